The number of nitrogens with zero attached hydrogens (tertiary/aromatic N) is 2. The fourth-order valence-electron chi connectivity index (χ4n) is 1.78. The first-order valence-corrected chi connectivity index (χ1v) is 7.12. The number of hydrogen-bond donors (Lipinski definition) is 1. The molecular formula is C13H10BrN3S. The van der Waals surface area contributed by atoms with E-state index in [1.54, 1.807) is 17.5 Å². The van der Waals surface area contributed by atoms with E-state index in [9.17, 15) is 0 Å². The van der Waals surface area contributed by atoms with Crippen LogP contribution in [-0.4, -0.2) is 10.2 Å². The number of benzene rings is 1. The fraction of sp³-hybridized carbons (Fsp3) is 0.0769. The highest BCUT2D eigenvalue weighted by Gasteiger charge is 2.03. The molecule has 90 valence electrons. The topological polar surface area (TPSA) is 37.8 Å². The van der Waals surface area contributed by atoms with Gasteiger partial charge in [0.1, 0.15) is 0 Å². The SMILES string of the molecule is Brc1ccc(CNc2nncc3ccccc23)s1. The van der Waals surface area contributed by atoms with Gasteiger partial charge in [-0.15, -0.1) is 16.4 Å². The van der Waals surface area contributed by atoms with E-state index in [-0.39, 0.29) is 0 Å². The standard InChI is InChI=1S/C13H10BrN3S/c14-12-6-5-10(18-12)8-15-13-11-4-2-1-3-9(11)7-16-17-13/h1-7H,8H2,(H,15,17). The monoisotopic (exact) mass is 319 g/mol. The quantitative estimate of drug-likeness (QED) is 0.790. The maximum atomic E-state index is 4.16. The van der Waals surface area contributed by atoms with E-state index < -0.39 is 0 Å². The van der Waals surface area contributed by atoms with Crippen LogP contribution in [0.15, 0.2) is 46.4 Å². The zero-order chi connectivity index (χ0) is 12.4. The molecule has 0 radical (unpaired) electrons. The van der Waals surface area contributed by atoms with Gasteiger partial charge in [-0.3, -0.25) is 0 Å². The first kappa shape index (κ1) is 11.6. The molecule has 2 heterocycles. The van der Waals surface area contributed by atoms with Gasteiger partial charge in [0.2, 0.25) is 0 Å². The second kappa shape index (κ2) is 5.04. The number of halogens is 1. The summed E-state index contributed by atoms with van der Waals surface area (Å²) in [5, 5.41) is 13.7. The summed E-state index contributed by atoms with van der Waals surface area (Å²) in [5.74, 6) is 0.831. The van der Waals surface area contributed by atoms with E-state index in [1.165, 1.54) is 4.88 Å². The second-order valence-corrected chi connectivity index (χ2v) is 6.39. The van der Waals surface area contributed by atoms with Crippen LogP contribution in [0.5, 0.6) is 0 Å². The molecule has 0 fully saturated rings. The Kier molecular flexibility index (Phi) is 3.25. The minimum atomic E-state index is 0.763. The number of anilines is 1. The fourth-order valence-corrected chi connectivity index (χ4v) is 3.20. The maximum Gasteiger partial charge on any atom is 0.156 e. The van der Waals surface area contributed by atoms with Crippen LogP contribution in [0.2, 0.25) is 0 Å². The molecule has 0 saturated carbocycles. The lowest BCUT2D eigenvalue weighted by Gasteiger charge is -2.06. The van der Waals surface area contributed by atoms with Gasteiger partial charge in [-0.2, -0.15) is 5.10 Å². The molecule has 2 aromatic heterocycles. The van der Waals surface area contributed by atoms with Crippen molar-refractivity contribution in [3.05, 3.63) is 51.3 Å². The number of rotatable bonds is 3. The molecule has 18 heavy (non-hydrogen) atoms. The number of hydrogen-bond acceptors (Lipinski definition) is 4. The molecule has 1 N–H and O–H groups in total. The average Bonchev–Trinajstić information content (AvgIpc) is 2.82. The van der Waals surface area contributed by atoms with Crippen LogP contribution in [0.4, 0.5) is 5.82 Å². The Labute approximate surface area is 117 Å². The van der Waals surface area contributed by atoms with Crippen molar-refractivity contribution in [3.8, 4) is 0 Å². The van der Waals surface area contributed by atoms with E-state index >= 15 is 0 Å². The van der Waals surface area contributed by atoms with Gasteiger partial charge in [0, 0.05) is 15.6 Å². The number of fused-ring (bicyclic) bond motifs is 1. The van der Waals surface area contributed by atoms with Crippen molar-refractivity contribution in [1.29, 1.82) is 0 Å². The molecule has 3 rings (SSSR count). The van der Waals surface area contributed by atoms with Crippen molar-refractivity contribution in [3.63, 3.8) is 0 Å². The summed E-state index contributed by atoms with van der Waals surface area (Å²) in [5.41, 5.74) is 0. The predicted molar refractivity (Wildman–Crippen MR) is 78.9 cm³/mol. The minimum Gasteiger partial charge on any atom is -0.363 e. The molecule has 0 bridgehead atoms. The molecular weight excluding hydrogens is 310 g/mol. The Morgan fingerprint density at radius 1 is 1.17 bits per heavy atom. The third-order valence-corrected chi connectivity index (χ3v) is 4.25. The molecule has 1 aromatic carbocycles. The smallest absolute Gasteiger partial charge is 0.156 e. The number of thiophene rings is 1. The van der Waals surface area contributed by atoms with Crippen molar-refractivity contribution >= 4 is 43.9 Å². The summed E-state index contributed by atoms with van der Waals surface area (Å²) >= 11 is 5.18. The molecule has 3 aromatic rings. The summed E-state index contributed by atoms with van der Waals surface area (Å²) in [7, 11) is 0. The lowest BCUT2D eigenvalue weighted by Crippen LogP contribution is -2.01. The van der Waals surface area contributed by atoms with Gasteiger partial charge in [-0.05, 0) is 28.1 Å². The first-order valence-electron chi connectivity index (χ1n) is 5.51. The zero-order valence-electron chi connectivity index (χ0n) is 9.43. The molecule has 0 aliphatic heterocycles. The van der Waals surface area contributed by atoms with Gasteiger partial charge in [-0.25, -0.2) is 0 Å². The lowest BCUT2D eigenvalue weighted by atomic mass is 10.2. The van der Waals surface area contributed by atoms with Gasteiger partial charge in [-0.1, -0.05) is 24.3 Å². The van der Waals surface area contributed by atoms with E-state index in [1.807, 2.05) is 18.2 Å². The van der Waals surface area contributed by atoms with Crippen molar-refractivity contribution in [2.75, 3.05) is 5.32 Å². The molecule has 0 saturated heterocycles. The highest BCUT2D eigenvalue weighted by atomic mass is 79.9. The van der Waals surface area contributed by atoms with Gasteiger partial charge >= 0.3 is 0 Å². The van der Waals surface area contributed by atoms with Crippen LogP contribution < -0.4 is 5.32 Å². The second-order valence-electron chi connectivity index (χ2n) is 3.84. The molecule has 0 aliphatic rings. The van der Waals surface area contributed by atoms with Crippen LogP contribution in [0.3, 0.4) is 0 Å². The Hall–Kier alpha value is -1.46. The minimum absolute atomic E-state index is 0.763. The molecule has 0 unspecified atom stereocenters. The summed E-state index contributed by atoms with van der Waals surface area (Å²) in [6.45, 7) is 0.763. The third-order valence-electron chi connectivity index (χ3n) is 2.63. The van der Waals surface area contributed by atoms with Crippen molar-refractivity contribution < 1.29 is 0 Å². The summed E-state index contributed by atoms with van der Waals surface area (Å²) < 4.78 is 1.14. The Morgan fingerprint density at radius 3 is 2.89 bits per heavy atom. The van der Waals surface area contributed by atoms with E-state index in [4.69, 9.17) is 0 Å². The van der Waals surface area contributed by atoms with E-state index in [2.05, 4.69) is 49.6 Å². The maximum absolute atomic E-state index is 4.16. The van der Waals surface area contributed by atoms with Crippen LogP contribution in [0.25, 0.3) is 10.8 Å². The summed E-state index contributed by atoms with van der Waals surface area (Å²) in [6, 6.07) is 12.3. The van der Waals surface area contributed by atoms with Gasteiger partial charge in [0.15, 0.2) is 5.82 Å². The first-order chi connectivity index (χ1) is 8.83. The molecule has 0 aliphatic carbocycles. The van der Waals surface area contributed by atoms with Crippen molar-refractivity contribution in [2.45, 2.75) is 6.54 Å². The van der Waals surface area contributed by atoms with Crippen LogP contribution >= 0.6 is 27.3 Å². The Morgan fingerprint density at radius 2 is 2.06 bits per heavy atom. The third kappa shape index (κ3) is 2.37. The normalized spacial score (nSPS) is 10.7. The number of nitrogens with one attached hydrogen (secondary N) is 1. The highest BCUT2D eigenvalue weighted by Crippen LogP contribution is 2.24. The van der Waals surface area contributed by atoms with Gasteiger partial charge in [0.25, 0.3) is 0 Å². The highest BCUT2D eigenvalue weighted by molar-refractivity contribution is 9.11. The van der Waals surface area contributed by atoms with Crippen LogP contribution in [0.1, 0.15) is 4.88 Å². The zero-order valence-corrected chi connectivity index (χ0v) is 11.8. The van der Waals surface area contributed by atoms with Crippen LogP contribution in [0, 0.1) is 0 Å². The average molecular weight is 320 g/mol. The summed E-state index contributed by atoms with van der Waals surface area (Å²) in [4.78, 5) is 1.26. The molecule has 3 nitrogen and oxygen atoms in total. The molecule has 0 atom stereocenters. The Balaban J connectivity index is 1.86. The Bertz CT molecular complexity index is 675. The molecule has 0 spiro atoms. The summed E-state index contributed by atoms with van der Waals surface area (Å²) in [6.07, 6.45) is 1.78. The van der Waals surface area contributed by atoms with E-state index in [0.717, 1.165) is 26.9 Å². The van der Waals surface area contributed by atoms with Gasteiger partial charge in [0.05, 0.1) is 16.5 Å². The molecule has 0 amide bonds. The molecule has 5 heteroatoms. The van der Waals surface area contributed by atoms with Crippen molar-refractivity contribution in [1.82, 2.24) is 10.2 Å². The van der Waals surface area contributed by atoms with E-state index in [0.29, 0.717) is 0 Å². The van der Waals surface area contributed by atoms with Crippen LogP contribution in [-0.2, 0) is 6.54 Å². The predicted octanol–water partition coefficient (Wildman–Crippen LogP) is 4.07. The van der Waals surface area contributed by atoms with Crippen molar-refractivity contribution in [2.24, 2.45) is 0 Å². The number of aromatic nitrogens is 2. The van der Waals surface area contributed by atoms with Gasteiger partial charge < -0.3 is 5.32 Å². The largest absolute Gasteiger partial charge is 0.363 e. The lowest BCUT2D eigenvalue weighted by molar-refractivity contribution is 1.02.